The summed E-state index contributed by atoms with van der Waals surface area (Å²) in [5.41, 5.74) is 2.31. The molecule has 3 aromatic rings. The van der Waals surface area contributed by atoms with Crippen LogP contribution in [0, 0.1) is 6.92 Å². The summed E-state index contributed by atoms with van der Waals surface area (Å²) >= 11 is 0. The van der Waals surface area contributed by atoms with E-state index < -0.39 is 10.0 Å². The summed E-state index contributed by atoms with van der Waals surface area (Å²) in [6.07, 6.45) is 0. The zero-order chi connectivity index (χ0) is 20.1. The first kappa shape index (κ1) is 19.4. The van der Waals surface area contributed by atoms with Crippen LogP contribution in [0.4, 0.5) is 11.4 Å². The lowest BCUT2D eigenvalue weighted by atomic mass is 10.2. The molecule has 0 bridgehead atoms. The number of benzene rings is 3. The van der Waals surface area contributed by atoms with Gasteiger partial charge in [-0.05, 0) is 67.1 Å². The van der Waals surface area contributed by atoms with Crippen LogP contribution in [0.15, 0.2) is 77.7 Å². The van der Waals surface area contributed by atoms with Crippen LogP contribution in [0.3, 0.4) is 0 Å². The van der Waals surface area contributed by atoms with Gasteiger partial charge in [0.15, 0.2) is 0 Å². The number of ether oxygens (including phenoxy) is 1. The standard InChI is InChI=1S/C21H20N2O4S/c1-15-5-3-7-18(13-15)22-21(24)16-6-4-8-20(14-16)28(25,26)23-17-9-11-19(27-2)12-10-17/h3-14,23H,1-2H3,(H,22,24). The van der Waals surface area contributed by atoms with Crippen LogP contribution in [0.2, 0.25) is 0 Å². The van der Waals surface area contributed by atoms with Crippen molar-refractivity contribution < 1.29 is 17.9 Å². The smallest absolute Gasteiger partial charge is 0.261 e. The van der Waals surface area contributed by atoms with Crippen LogP contribution in [0.5, 0.6) is 5.75 Å². The number of sulfonamides is 1. The number of nitrogens with one attached hydrogen (secondary N) is 2. The van der Waals surface area contributed by atoms with Crippen molar-refractivity contribution in [2.45, 2.75) is 11.8 Å². The lowest BCUT2D eigenvalue weighted by Gasteiger charge is -2.10. The maximum absolute atomic E-state index is 12.7. The summed E-state index contributed by atoms with van der Waals surface area (Å²) in [5.74, 6) is 0.241. The Morgan fingerprint density at radius 2 is 1.61 bits per heavy atom. The molecule has 0 aliphatic carbocycles. The second-order valence-electron chi connectivity index (χ2n) is 6.19. The van der Waals surface area contributed by atoms with Crippen LogP contribution < -0.4 is 14.8 Å². The van der Waals surface area contributed by atoms with Gasteiger partial charge in [0, 0.05) is 16.9 Å². The Morgan fingerprint density at radius 1 is 0.893 bits per heavy atom. The van der Waals surface area contributed by atoms with Gasteiger partial charge in [-0.3, -0.25) is 9.52 Å². The lowest BCUT2D eigenvalue weighted by molar-refractivity contribution is 0.102. The van der Waals surface area contributed by atoms with E-state index >= 15 is 0 Å². The molecule has 0 aliphatic heterocycles. The normalized spacial score (nSPS) is 10.9. The number of carbonyl (C=O) groups excluding carboxylic acids is 1. The van der Waals surface area contributed by atoms with Crippen LogP contribution in [-0.4, -0.2) is 21.4 Å². The molecule has 0 fully saturated rings. The van der Waals surface area contributed by atoms with Crippen molar-refractivity contribution in [2.24, 2.45) is 0 Å². The third kappa shape index (κ3) is 4.69. The number of carbonyl (C=O) groups is 1. The van der Waals surface area contributed by atoms with Crippen molar-refractivity contribution in [3.8, 4) is 5.75 Å². The number of hydrogen-bond donors (Lipinski definition) is 2. The van der Waals surface area contributed by atoms with Gasteiger partial charge in [0.05, 0.1) is 12.0 Å². The summed E-state index contributed by atoms with van der Waals surface area (Å²) < 4.78 is 32.9. The van der Waals surface area contributed by atoms with Gasteiger partial charge in [0.2, 0.25) is 0 Å². The zero-order valence-corrected chi connectivity index (χ0v) is 16.3. The minimum absolute atomic E-state index is 0.000195. The summed E-state index contributed by atoms with van der Waals surface area (Å²) in [6, 6.07) is 19.8. The van der Waals surface area contributed by atoms with Gasteiger partial charge in [-0.25, -0.2) is 8.42 Å². The molecule has 144 valence electrons. The Bertz CT molecular complexity index is 1090. The van der Waals surface area contributed by atoms with E-state index in [2.05, 4.69) is 10.0 Å². The summed E-state index contributed by atoms with van der Waals surface area (Å²) in [5, 5.41) is 2.77. The van der Waals surface area contributed by atoms with Crippen LogP contribution in [-0.2, 0) is 10.0 Å². The van der Waals surface area contributed by atoms with Crippen molar-refractivity contribution in [1.82, 2.24) is 0 Å². The maximum atomic E-state index is 12.7. The predicted octanol–water partition coefficient (Wildman–Crippen LogP) is 4.06. The average molecular weight is 396 g/mol. The first-order chi connectivity index (χ1) is 13.4. The van der Waals surface area contributed by atoms with Gasteiger partial charge >= 0.3 is 0 Å². The molecule has 3 aromatic carbocycles. The number of amides is 1. The Hall–Kier alpha value is -3.32. The minimum atomic E-state index is -3.84. The van der Waals surface area contributed by atoms with Crippen LogP contribution in [0.1, 0.15) is 15.9 Å². The second kappa shape index (κ2) is 8.14. The van der Waals surface area contributed by atoms with Gasteiger partial charge in [-0.2, -0.15) is 0 Å². The fraction of sp³-hybridized carbons (Fsp3) is 0.0952. The van der Waals surface area contributed by atoms with E-state index in [1.807, 2.05) is 25.1 Å². The van der Waals surface area contributed by atoms with Gasteiger partial charge < -0.3 is 10.1 Å². The molecule has 0 radical (unpaired) electrons. The van der Waals surface area contributed by atoms with E-state index in [9.17, 15) is 13.2 Å². The highest BCUT2D eigenvalue weighted by Crippen LogP contribution is 2.20. The Kier molecular flexibility index (Phi) is 5.65. The monoisotopic (exact) mass is 396 g/mol. The van der Waals surface area contributed by atoms with Crippen molar-refractivity contribution in [2.75, 3.05) is 17.1 Å². The number of rotatable bonds is 6. The van der Waals surface area contributed by atoms with Crippen molar-refractivity contribution in [3.63, 3.8) is 0 Å². The van der Waals surface area contributed by atoms with Gasteiger partial charge in [0.1, 0.15) is 5.75 Å². The molecule has 3 rings (SSSR count). The van der Waals surface area contributed by atoms with Crippen LogP contribution in [0.25, 0.3) is 0 Å². The molecule has 0 saturated heterocycles. The van der Waals surface area contributed by atoms with E-state index in [-0.39, 0.29) is 16.4 Å². The van der Waals surface area contributed by atoms with Gasteiger partial charge in [-0.15, -0.1) is 0 Å². The highest BCUT2D eigenvalue weighted by molar-refractivity contribution is 7.92. The maximum Gasteiger partial charge on any atom is 0.261 e. The molecule has 28 heavy (non-hydrogen) atoms. The van der Waals surface area contributed by atoms with Crippen molar-refractivity contribution >= 4 is 27.3 Å². The van der Waals surface area contributed by atoms with E-state index in [0.717, 1.165) is 5.56 Å². The summed E-state index contributed by atoms with van der Waals surface area (Å²) in [6.45, 7) is 1.92. The molecule has 7 heteroatoms. The highest BCUT2D eigenvalue weighted by Gasteiger charge is 2.17. The Morgan fingerprint density at radius 3 is 2.29 bits per heavy atom. The third-order valence-corrected chi connectivity index (χ3v) is 5.40. The fourth-order valence-corrected chi connectivity index (χ4v) is 3.71. The van der Waals surface area contributed by atoms with Crippen LogP contribution >= 0.6 is 0 Å². The van der Waals surface area contributed by atoms with Crippen molar-refractivity contribution in [3.05, 3.63) is 83.9 Å². The molecular weight excluding hydrogens is 376 g/mol. The number of methoxy groups -OCH3 is 1. The topological polar surface area (TPSA) is 84.5 Å². The minimum Gasteiger partial charge on any atom is -0.497 e. The molecule has 2 N–H and O–H groups in total. The van der Waals surface area contributed by atoms with E-state index in [0.29, 0.717) is 17.1 Å². The molecule has 0 spiro atoms. The molecule has 0 heterocycles. The number of anilines is 2. The molecule has 6 nitrogen and oxygen atoms in total. The molecule has 1 amide bonds. The SMILES string of the molecule is COc1ccc(NS(=O)(=O)c2cccc(C(=O)Nc3cccc(C)c3)c2)cc1. The second-order valence-corrected chi connectivity index (χ2v) is 7.87. The Labute approximate surface area is 164 Å². The molecular formula is C21H20N2O4S. The summed E-state index contributed by atoms with van der Waals surface area (Å²) in [7, 11) is -2.31. The molecule has 0 aliphatic rings. The molecule has 0 saturated carbocycles. The molecule has 0 unspecified atom stereocenters. The molecule has 0 aromatic heterocycles. The first-order valence-corrected chi connectivity index (χ1v) is 10.0. The quantitative estimate of drug-likeness (QED) is 0.658. The zero-order valence-electron chi connectivity index (χ0n) is 15.5. The van der Waals surface area contributed by atoms with Gasteiger partial charge in [0.25, 0.3) is 15.9 Å². The van der Waals surface area contributed by atoms with Gasteiger partial charge in [-0.1, -0.05) is 18.2 Å². The highest BCUT2D eigenvalue weighted by atomic mass is 32.2. The fourth-order valence-electron chi connectivity index (χ4n) is 2.60. The largest absolute Gasteiger partial charge is 0.497 e. The number of aryl methyl sites for hydroxylation is 1. The predicted molar refractivity (Wildman–Crippen MR) is 109 cm³/mol. The third-order valence-electron chi connectivity index (χ3n) is 4.02. The van der Waals surface area contributed by atoms with E-state index in [4.69, 9.17) is 4.74 Å². The lowest BCUT2D eigenvalue weighted by Crippen LogP contribution is -2.16. The Balaban J connectivity index is 1.79. The summed E-state index contributed by atoms with van der Waals surface area (Å²) in [4.78, 5) is 12.5. The molecule has 0 atom stereocenters. The first-order valence-electron chi connectivity index (χ1n) is 8.52. The van der Waals surface area contributed by atoms with E-state index in [1.165, 1.54) is 25.3 Å². The van der Waals surface area contributed by atoms with Crippen molar-refractivity contribution in [1.29, 1.82) is 0 Å². The number of hydrogen-bond acceptors (Lipinski definition) is 4. The average Bonchev–Trinajstić information content (AvgIpc) is 2.68. The van der Waals surface area contributed by atoms with E-state index in [1.54, 1.807) is 36.4 Å².